The van der Waals surface area contributed by atoms with Gasteiger partial charge in [0, 0.05) is 19.1 Å². The number of rotatable bonds is 4. The Labute approximate surface area is 88.1 Å². The molecule has 2 nitrogen and oxygen atoms in total. The summed E-state index contributed by atoms with van der Waals surface area (Å²) in [5, 5.41) is 3.53. The summed E-state index contributed by atoms with van der Waals surface area (Å²) in [5.74, 6) is 2.88. The van der Waals surface area contributed by atoms with Crippen LogP contribution < -0.4 is 5.32 Å². The fourth-order valence-electron chi connectivity index (χ4n) is 2.69. The Bertz CT molecular complexity index is 193. The van der Waals surface area contributed by atoms with Crippen molar-refractivity contribution in [2.24, 2.45) is 17.8 Å². The van der Waals surface area contributed by atoms with Gasteiger partial charge in [-0.05, 0) is 51.1 Å². The summed E-state index contributed by atoms with van der Waals surface area (Å²) in [6.45, 7) is 8.53. The Kier molecular flexibility index (Phi) is 3.13. The van der Waals surface area contributed by atoms with E-state index >= 15 is 0 Å². The van der Waals surface area contributed by atoms with E-state index in [1.807, 2.05) is 0 Å². The van der Waals surface area contributed by atoms with Crippen molar-refractivity contribution >= 4 is 0 Å². The van der Waals surface area contributed by atoms with Crippen LogP contribution in [-0.2, 0) is 0 Å². The van der Waals surface area contributed by atoms with Gasteiger partial charge in [-0.3, -0.25) is 0 Å². The van der Waals surface area contributed by atoms with Gasteiger partial charge in [-0.1, -0.05) is 6.92 Å². The third-order valence-corrected chi connectivity index (χ3v) is 4.06. The molecule has 82 valence electrons. The highest BCUT2D eigenvalue weighted by molar-refractivity contribution is 4.87. The SMILES string of the molecule is CC1CC1CN(C)CC1CCNC1C. The highest BCUT2D eigenvalue weighted by Crippen LogP contribution is 2.38. The molecule has 0 amide bonds. The van der Waals surface area contributed by atoms with Crippen molar-refractivity contribution < 1.29 is 0 Å². The van der Waals surface area contributed by atoms with Crippen molar-refractivity contribution in [3.8, 4) is 0 Å². The maximum atomic E-state index is 3.53. The van der Waals surface area contributed by atoms with Crippen molar-refractivity contribution in [3.63, 3.8) is 0 Å². The zero-order valence-corrected chi connectivity index (χ0v) is 9.79. The number of hydrogen-bond donors (Lipinski definition) is 1. The molecular weight excluding hydrogens is 172 g/mol. The first-order valence-corrected chi connectivity index (χ1v) is 6.08. The lowest BCUT2D eigenvalue weighted by Gasteiger charge is -2.23. The minimum atomic E-state index is 0.731. The van der Waals surface area contributed by atoms with Crippen LogP contribution in [-0.4, -0.2) is 37.6 Å². The molecule has 1 aliphatic carbocycles. The standard InChI is InChI=1S/C12H24N2/c1-9-6-12(9)8-14(3)7-11-4-5-13-10(11)2/h9-13H,4-8H2,1-3H3. The van der Waals surface area contributed by atoms with E-state index in [9.17, 15) is 0 Å². The summed E-state index contributed by atoms with van der Waals surface area (Å²) in [6, 6.07) is 0.731. The van der Waals surface area contributed by atoms with E-state index in [0.29, 0.717) is 0 Å². The number of hydrogen-bond acceptors (Lipinski definition) is 2. The smallest absolute Gasteiger partial charge is 0.00796 e. The van der Waals surface area contributed by atoms with Crippen LogP contribution in [0.15, 0.2) is 0 Å². The van der Waals surface area contributed by atoms with E-state index in [1.54, 1.807) is 0 Å². The first-order valence-electron chi connectivity index (χ1n) is 6.08. The fourth-order valence-corrected chi connectivity index (χ4v) is 2.69. The predicted molar refractivity (Wildman–Crippen MR) is 60.3 cm³/mol. The van der Waals surface area contributed by atoms with Gasteiger partial charge in [0.2, 0.25) is 0 Å². The van der Waals surface area contributed by atoms with Crippen molar-refractivity contribution in [1.29, 1.82) is 0 Å². The summed E-state index contributed by atoms with van der Waals surface area (Å²) >= 11 is 0. The molecule has 2 rings (SSSR count). The zero-order chi connectivity index (χ0) is 10.1. The van der Waals surface area contributed by atoms with Crippen molar-refractivity contribution in [2.45, 2.75) is 32.7 Å². The van der Waals surface area contributed by atoms with Crippen LogP contribution in [0.5, 0.6) is 0 Å². The summed E-state index contributed by atoms with van der Waals surface area (Å²) in [4.78, 5) is 2.54. The van der Waals surface area contributed by atoms with Gasteiger partial charge in [0.15, 0.2) is 0 Å². The largest absolute Gasteiger partial charge is 0.314 e. The van der Waals surface area contributed by atoms with Crippen LogP contribution in [0.4, 0.5) is 0 Å². The topological polar surface area (TPSA) is 15.3 Å². The second kappa shape index (κ2) is 4.19. The molecule has 1 saturated carbocycles. The van der Waals surface area contributed by atoms with Gasteiger partial charge in [-0.2, -0.15) is 0 Å². The van der Waals surface area contributed by atoms with Gasteiger partial charge in [-0.25, -0.2) is 0 Å². The Hall–Kier alpha value is -0.0800. The van der Waals surface area contributed by atoms with E-state index in [4.69, 9.17) is 0 Å². The van der Waals surface area contributed by atoms with Crippen LogP contribution in [0, 0.1) is 17.8 Å². The molecule has 4 atom stereocenters. The summed E-state index contributed by atoms with van der Waals surface area (Å²) < 4.78 is 0. The summed E-state index contributed by atoms with van der Waals surface area (Å²) in [5.41, 5.74) is 0. The van der Waals surface area contributed by atoms with Gasteiger partial charge >= 0.3 is 0 Å². The Morgan fingerprint density at radius 2 is 1.86 bits per heavy atom. The van der Waals surface area contributed by atoms with Crippen molar-refractivity contribution in [1.82, 2.24) is 10.2 Å². The quantitative estimate of drug-likeness (QED) is 0.734. The molecule has 2 heteroatoms. The molecule has 4 unspecified atom stereocenters. The Morgan fingerprint density at radius 1 is 1.21 bits per heavy atom. The Balaban J connectivity index is 1.68. The molecule has 0 bridgehead atoms. The second-order valence-electron chi connectivity index (χ2n) is 5.49. The van der Waals surface area contributed by atoms with Gasteiger partial charge in [0.25, 0.3) is 0 Å². The lowest BCUT2D eigenvalue weighted by molar-refractivity contribution is 0.254. The first kappa shape index (κ1) is 10.4. The summed E-state index contributed by atoms with van der Waals surface area (Å²) in [7, 11) is 2.29. The fraction of sp³-hybridized carbons (Fsp3) is 1.00. The predicted octanol–water partition coefficient (Wildman–Crippen LogP) is 1.57. The molecule has 0 spiro atoms. The first-order chi connectivity index (χ1) is 6.66. The van der Waals surface area contributed by atoms with Crippen molar-refractivity contribution in [3.05, 3.63) is 0 Å². The van der Waals surface area contributed by atoms with Crippen LogP contribution in [0.25, 0.3) is 0 Å². The monoisotopic (exact) mass is 196 g/mol. The molecular formula is C12H24N2. The van der Waals surface area contributed by atoms with Crippen LogP contribution in [0.3, 0.4) is 0 Å². The Morgan fingerprint density at radius 3 is 2.36 bits per heavy atom. The summed E-state index contributed by atoms with van der Waals surface area (Å²) in [6.07, 6.45) is 2.83. The normalized spacial score (nSPS) is 42.0. The maximum Gasteiger partial charge on any atom is 0.00796 e. The average molecular weight is 196 g/mol. The van der Waals surface area contributed by atoms with Gasteiger partial charge < -0.3 is 10.2 Å². The van der Waals surface area contributed by atoms with E-state index in [-0.39, 0.29) is 0 Å². The highest BCUT2D eigenvalue weighted by atomic mass is 15.1. The van der Waals surface area contributed by atoms with E-state index < -0.39 is 0 Å². The minimum Gasteiger partial charge on any atom is -0.314 e. The zero-order valence-electron chi connectivity index (χ0n) is 9.79. The second-order valence-corrected chi connectivity index (χ2v) is 5.49. The van der Waals surface area contributed by atoms with Crippen LogP contribution in [0.2, 0.25) is 0 Å². The lowest BCUT2D eigenvalue weighted by Crippen LogP contribution is -2.33. The number of nitrogens with zero attached hydrogens (tertiary/aromatic N) is 1. The van der Waals surface area contributed by atoms with Gasteiger partial charge in [-0.15, -0.1) is 0 Å². The van der Waals surface area contributed by atoms with Gasteiger partial charge in [0.05, 0.1) is 0 Å². The van der Waals surface area contributed by atoms with E-state index in [2.05, 4.69) is 31.1 Å². The molecule has 0 radical (unpaired) electrons. The molecule has 2 aliphatic rings. The molecule has 2 fully saturated rings. The molecule has 1 saturated heterocycles. The molecule has 1 N–H and O–H groups in total. The molecule has 1 heterocycles. The third kappa shape index (κ3) is 2.48. The third-order valence-electron chi connectivity index (χ3n) is 4.06. The highest BCUT2D eigenvalue weighted by Gasteiger charge is 2.34. The molecule has 0 aromatic carbocycles. The van der Waals surface area contributed by atoms with E-state index in [1.165, 1.54) is 32.5 Å². The van der Waals surface area contributed by atoms with Gasteiger partial charge in [0.1, 0.15) is 0 Å². The van der Waals surface area contributed by atoms with Crippen molar-refractivity contribution in [2.75, 3.05) is 26.7 Å². The molecule has 0 aromatic rings. The van der Waals surface area contributed by atoms with E-state index in [0.717, 1.165) is 23.8 Å². The maximum absolute atomic E-state index is 3.53. The van der Waals surface area contributed by atoms with Crippen LogP contribution >= 0.6 is 0 Å². The van der Waals surface area contributed by atoms with Crippen LogP contribution in [0.1, 0.15) is 26.7 Å². The molecule has 1 aliphatic heterocycles. The average Bonchev–Trinajstić information content (AvgIpc) is 2.63. The minimum absolute atomic E-state index is 0.731. The lowest BCUT2D eigenvalue weighted by atomic mass is 10.0. The number of nitrogens with one attached hydrogen (secondary N) is 1. The molecule has 14 heavy (non-hydrogen) atoms. The molecule has 0 aromatic heterocycles.